The molecule has 1 aliphatic carbocycles. The maximum atomic E-state index is 12.6. The normalized spacial score (nSPS) is 31.4. The van der Waals surface area contributed by atoms with Crippen LogP contribution in [0.4, 0.5) is 0 Å². The highest BCUT2D eigenvalue weighted by molar-refractivity contribution is 7.89. The molecule has 1 spiro atoms. The molecule has 5 nitrogen and oxygen atoms in total. The van der Waals surface area contributed by atoms with Crippen molar-refractivity contribution in [1.29, 1.82) is 0 Å². The zero-order valence-corrected chi connectivity index (χ0v) is 14.0. The highest BCUT2D eigenvalue weighted by atomic mass is 35.5. The lowest BCUT2D eigenvalue weighted by Crippen LogP contribution is -2.69. The van der Waals surface area contributed by atoms with Crippen molar-refractivity contribution in [3.8, 4) is 0 Å². The first-order valence-corrected chi connectivity index (χ1v) is 9.38. The van der Waals surface area contributed by atoms with E-state index >= 15 is 0 Å². The number of halogens is 1. The van der Waals surface area contributed by atoms with E-state index in [0.29, 0.717) is 19.6 Å². The first kappa shape index (κ1) is 16.2. The van der Waals surface area contributed by atoms with Gasteiger partial charge in [-0.2, -0.15) is 0 Å². The fourth-order valence-corrected chi connectivity index (χ4v) is 5.18. The average molecular weight is 346 g/mol. The van der Waals surface area contributed by atoms with Gasteiger partial charge in [-0.15, -0.1) is 0 Å². The van der Waals surface area contributed by atoms with Crippen molar-refractivity contribution >= 4 is 21.6 Å². The van der Waals surface area contributed by atoms with Crippen LogP contribution in [0.25, 0.3) is 0 Å². The van der Waals surface area contributed by atoms with E-state index in [1.54, 1.807) is 18.2 Å². The number of sulfonamides is 1. The molecule has 3 atom stereocenters. The molecule has 3 rings (SSSR count). The van der Waals surface area contributed by atoms with Crippen LogP contribution in [-0.2, 0) is 19.5 Å². The molecule has 0 aromatic heterocycles. The summed E-state index contributed by atoms with van der Waals surface area (Å²) < 4.78 is 39.5. The molecule has 1 aliphatic heterocycles. The lowest BCUT2D eigenvalue weighted by Gasteiger charge is -2.52. The molecule has 122 valence electrons. The first-order valence-electron chi connectivity index (χ1n) is 7.52. The van der Waals surface area contributed by atoms with Crippen LogP contribution in [-0.4, -0.2) is 39.4 Å². The third-order valence-corrected chi connectivity index (χ3v) is 6.43. The average Bonchev–Trinajstić information content (AvgIpc) is 2.99. The van der Waals surface area contributed by atoms with Crippen LogP contribution >= 0.6 is 11.6 Å². The van der Waals surface area contributed by atoms with Gasteiger partial charge in [0.05, 0.1) is 17.2 Å². The minimum atomic E-state index is -3.67. The number of benzene rings is 1. The molecule has 22 heavy (non-hydrogen) atoms. The lowest BCUT2D eigenvalue weighted by molar-refractivity contribution is -0.193. The third kappa shape index (κ3) is 2.67. The molecule has 1 saturated carbocycles. The van der Waals surface area contributed by atoms with E-state index < -0.39 is 15.6 Å². The molecule has 1 aromatic carbocycles. The summed E-state index contributed by atoms with van der Waals surface area (Å²) in [6.07, 6.45) is 2.32. The molecular weight excluding hydrogens is 326 g/mol. The molecular formula is C15H20ClNO4S. The van der Waals surface area contributed by atoms with E-state index in [1.165, 1.54) is 6.07 Å². The quantitative estimate of drug-likeness (QED) is 0.889. The van der Waals surface area contributed by atoms with Crippen LogP contribution in [0.1, 0.15) is 26.2 Å². The van der Waals surface area contributed by atoms with Gasteiger partial charge in [-0.25, -0.2) is 13.1 Å². The van der Waals surface area contributed by atoms with Crippen molar-refractivity contribution in [2.75, 3.05) is 13.2 Å². The molecule has 1 aromatic rings. The highest BCUT2D eigenvalue weighted by Crippen LogP contribution is 2.46. The number of hydrogen-bond donors (Lipinski definition) is 1. The second-order valence-electron chi connectivity index (χ2n) is 5.69. The summed E-state index contributed by atoms with van der Waals surface area (Å²) in [5.41, 5.74) is -0.523. The number of rotatable bonds is 5. The van der Waals surface area contributed by atoms with Crippen LogP contribution in [0, 0.1) is 0 Å². The smallest absolute Gasteiger partial charge is 0.242 e. The Morgan fingerprint density at radius 3 is 2.86 bits per heavy atom. The van der Waals surface area contributed by atoms with Gasteiger partial charge in [0.25, 0.3) is 0 Å². The first-order chi connectivity index (χ1) is 10.5. The second kappa shape index (κ2) is 6.09. The Kier molecular flexibility index (Phi) is 4.49. The van der Waals surface area contributed by atoms with E-state index in [0.717, 1.165) is 12.8 Å². The van der Waals surface area contributed by atoms with Crippen molar-refractivity contribution in [3.63, 3.8) is 0 Å². The molecule has 1 heterocycles. The Labute approximate surface area is 136 Å². The van der Waals surface area contributed by atoms with Crippen molar-refractivity contribution in [3.05, 3.63) is 29.3 Å². The SMILES string of the molecule is CCO[C@@H]1C[C@H](NS(=O)(=O)c2ccccc2Cl)[C@]12CCCO2. The fourth-order valence-electron chi connectivity index (χ4n) is 3.36. The van der Waals surface area contributed by atoms with Crippen molar-refractivity contribution in [2.45, 2.75) is 48.8 Å². The monoisotopic (exact) mass is 345 g/mol. The van der Waals surface area contributed by atoms with Crippen LogP contribution in [0.2, 0.25) is 5.02 Å². The number of ether oxygens (including phenoxy) is 2. The summed E-state index contributed by atoms with van der Waals surface area (Å²) >= 11 is 6.01. The molecule has 0 amide bonds. The van der Waals surface area contributed by atoms with Crippen molar-refractivity contribution in [1.82, 2.24) is 4.72 Å². The second-order valence-corrected chi connectivity index (χ2v) is 7.78. The van der Waals surface area contributed by atoms with Gasteiger partial charge in [-0.05, 0) is 38.3 Å². The molecule has 0 radical (unpaired) electrons. The molecule has 1 saturated heterocycles. The van der Waals surface area contributed by atoms with Gasteiger partial charge in [-0.3, -0.25) is 0 Å². The van der Waals surface area contributed by atoms with Crippen molar-refractivity contribution < 1.29 is 17.9 Å². The lowest BCUT2D eigenvalue weighted by atomic mass is 9.70. The van der Waals surface area contributed by atoms with Crippen LogP contribution in [0.5, 0.6) is 0 Å². The Bertz CT molecular complexity index is 643. The third-order valence-electron chi connectivity index (χ3n) is 4.46. The van der Waals surface area contributed by atoms with E-state index in [1.807, 2.05) is 6.92 Å². The van der Waals surface area contributed by atoms with Gasteiger partial charge >= 0.3 is 0 Å². The Morgan fingerprint density at radius 2 is 2.23 bits per heavy atom. The molecule has 0 unspecified atom stereocenters. The standard InChI is InChI=1S/C15H20ClNO4S/c1-2-20-14-10-13(15(14)8-5-9-21-15)17-22(18,19)12-7-4-3-6-11(12)16/h3-4,6-7,13-14,17H,2,5,8-10H2,1H3/t13-,14+,15+/m0/s1. The fraction of sp³-hybridized carbons (Fsp3) is 0.600. The summed E-state index contributed by atoms with van der Waals surface area (Å²) in [7, 11) is -3.67. The topological polar surface area (TPSA) is 64.6 Å². The molecule has 0 bridgehead atoms. The van der Waals surface area contributed by atoms with Crippen LogP contribution in [0.15, 0.2) is 29.2 Å². The van der Waals surface area contributed by atoms with Gasteiger partial charge < -0.3 is 9.47 Å². The minimum Gasteiger partial charge on any atom is -0.375 e. The highest BCUT2D eigenvalue weighted by Gasteiger charge is 2.59. The van der Waals surface area contributed by atoms with Crippen LogP contribution in [0.3, 0.4) is 0 Å². The summed E-state index contributed by atoms with van der Waals surface area (Å²) in [6, 6.07) is 6.17. The number of nitrogens with one attached hydrogen (secondary N) is 1. The maximum absolute atomic E-state index is 12.6. The molecule has 2 aliphatic rings. The van der Waals surface area contributed by atoms with E-state index in [4.69, 9.17) is 21.1 Å². The maximum Gasteiger partial charge on any atom is 0.242 e. The summed E-state index contributed by atoms with van der Waals surface area (Å²) in [4.78, 5) is 0.102. The predicted octanol–water partition coefficient (Wildman–Crippen LogP) is 2.34. The number of hydrogen-bond acceptors (Lipinski definition) is 4. The summed E-state index contributed by atoms with van der Waals surface area (Å²) in [6.45, 7) is 3.18. The zero-order chi connectivity index (χ0) is 15.8. The van der Waals surface area contributed by atoms with E-state index in [-0.39, 0.29) is 22.1 Å². The largest absolute Gasteiger partial charge is 0.375 e. The van der Waals surface area contributed by atoms with E-state index in [2.05, 4.69) is 4.72 Å². The van der Waals surface area contributed by atoms with Gasteiger partial charge in [0.1, 0.15) is 10.5 Å². The minimum absolute atomic E-state index is 0.0426. The zero-order valence-electron chi connectivity index (χ0n) is 12.4. The van der Waals surface area contributed by atoms with Gasteiger partial charge in [0.15, 0.2) is 0 Å². The predicted molar refractivity (Wildman–Crippen MR) is 83.5 cm³/mol. The Balaban J connectivity index is 1.80. The molecule has 1 N–H and O–H groups in total. The Morgan fingerprint density at radius 1 is 1.45 bits per heavy atom. The Hall–Kier alpha value is -0.660. The van der Waals surface area contributed by atoms with Crippen LogP contribution < -0.4 is 4.72 Å². The molecule has 2 fully saturated rings. The summed E-state index contributed by atoms with van der Waals surface area (Å²) in [5.74, 6) is 0. The van der Waals surface area contributed by atoms with Gasteiger partial charge in [0.2, 0.25) is 10.0 Å². The van der Waals surface area contributed by atoms with Gasteiger partial charge in [0, 0.05) is 13.2 Å². The molecule has 7 heteroatoms. The van der Waals surface area contributed by atoms with E-state index in [9.17, 15) is 8.42 Å². The van der Waals surface area contributed by atoms with Crippen molar-refractivity contribution in [2.24, 2.45) is 0 Å². The van der Waals surface area contributed by atoms with Gasteiger partial charge in [-0.1, -0.05) is 23.7 Å². The summed E-state index contributed by atoms with van der Waals surface area (Å²) in [5, 5.41) is 0.220.